The molecule has 2 aromatic rings. The fraction of sp³-hybridized carbons (Fsp3) is 0.333. The third-order valence-corrected chi connectivity index (χ3v) is 2.49. The first-order chi connectivity index (χ1) is 8.58. The summed E-state index contributed by atoms with van der Waals surface area (Å²) in [5, 5.41) is 0. The van der Waals surface area contributed by atoms with Crippen LogP contribution in [0.1, 0.15) is 0 Å². The molecule has 0 bridgehead atoms. The number of hydrogen-bond acceptors (Lipinski definition) is 4. The Morgan fingerprint density at radius 1 is 1.44 bits per heavy atom. The Morgan fingerprint density at radius 3 is 2.94 bits per heavy atom. The van der Waals surface area contributed by atoms with Crippen molar-refractivity contribution in [2.24, 2.45) is 0 Å². The summed E-state index contributed by atoms with van der Waals surface area (Å²) in [6, 6.07) is 3.40. The Hall–Kier alpha value is -1.82. The lowest BCUT2D eigenvalue weighted by Crippen LogP contribution is -2.24. The standard InChI is InChI=1S/C12H14BN3O2/c1-15(2)5-6-18-10-7-14-11-4-3-9(13)8-16(11)12(10)17/h3-4,7-8H,5-6H2,1-2H3. The average molecular weight is 243 g/mol. The number of likely N-dealkylation sites (N-methyl/N-ethyl adjacent to an activating group) is 1. The Balaban J connectivity index is 2.30. The van der Waals surface area contributed by atoms with Crippen LogP contribution < -0.4 is 15.8 Å². The van der Waals surface area contributed by atoms with Crippen molar-refractivity contribution < 1.29 is 4.74 Å². The van der Waals surface area contributed by atoms with E-state index in [0.29, 0.717) is 17.7 Å². The summed E-state index contributed by atoms with van der Waals surface area (Å²) in [5.41, 5.74) is 0.817. The zero-order valence-corrected chi connectivity index (χ0v) is 10.5. The van der Waals surface area contributed by atoms with E-state index in [9.17, 15) is 4.79 Å². The van der Waals surface area contributed by atoms with Gasteiger partial charge in [0, 0.05) is 12.7 Å². The molecule has 0 saturated heterocycles. The van der Waals surface area contributed by atoms with Crippen LogP contribution >= 0.6 is 0 Å². The monoisotopic (exact) mass is 243 g/mol. The first-order valence-electron chi connectivity index (χ1n) is 5.62. The minimum absolute atomic E-state index is 0.236. The zero-order chi connectivity index (χ0) is 13.1. The molecule has 0 unspecified atom stereocenters. The van der Waals surface area contributed by atoms with Gasteiger partial charge in [-0.05, 0) is 20.2 Å². The van der Waals surface area contributed by atoms with Gasteiger partial charge in [-0.15, -0.1) is 0 Å². The van der Waals surface area contributed by atoms with Gasteiger partial charge in [0.25, 0.3) is 5.56 Å². The number of ether oxygens (including phenoxy) is 1. The second-order valence-corrected chi connectivity index (χ2v) is 4.27. The van der Waals surface area contributed by atoms with Gasteiger partial charge >= 0.3 is 0 Å². The number of hydrogen-bond donors (Lipinski definition) is 0. The van der Waals surface area contributed by atoms with E-state index in [0.717, 1.165) is 6.54 Å². The second-order valence-electron chi connectivity index (χ2n) is 4.27. The number of rotatable bonds is 4. The summed E-state index contributed by atoms with van der Waals surface area (Å²) in [6.07, 6.45) is 2.99. The molecule has 2 aromatic heterocycles. The Labute approximate surface area is 106 Å². The van der Waals surface area contributed by atoms with E-state index in [1.807, 2.05) is 19.0 Å². The minimum atomic E-state index is -0.244. The molecule has 0 fully saturated rings. The highest BCUT2D eigenvalue weighted by Gasteiger charge is 2.05. The summed E-state index contributed by atoms with van der Waals surface area (Å²) in [6.45, 7) is 1.18. The molecule has 0 aliphatic heterocycles. The fourth-order valence-corrected chi connectivity index (χ4v) is 1.51. The fourth-order valence-electron chi connectivity index (χ4n) is 1.51. The Morgan fingerprint density at radius 2 is 2.22 bits per heavy atom. The normalized spacial score (nSPS) is 11.1. The molecule has 0 saturated carbocycles. The van der Waals surface area contributed by atoms with Crippen LogP contribution in [0.4, 0.5) is 0 Å². The molecule has 2 radical (unpaired) electrons. The molecule has 0 aliphatic rings. The van der Waals surface area contributed by atoms with Crippen molar-refractivity contribution in [2.45, 2.75) is 0 Å². The van der Waals surface area contributed by atoms with Crippen molar-refractivity contribution in [3.8, 4) is 5.75 Å². The lowest BCUT2D eigenvalue weighted by Gasteiger charge is -2.11. The third-order valence-electron chi connectivity index (χ3n) is 2.49. The molecule has 0 spiro atoms. The van der Waals surface area contributed by atoms with E-state index in [4.69, 9.17) is 12.6 Å². The zero-order valence-electron chi connectivity index (χ0n) is 10.5. The van der Waals surface area contributed by atoms with Gasteiger partial charge in [-0.2, -0.15) is 0 Å². The SMILES string of the molecule is [B]c1ccc2ncc(OCCN(C)C)c(=O)n2c1. The van der Waals surface area contributed by atoms with Gasteiger partial charge in [-0.3, -0.25) is 9.20 Å². The van der Waals surface area contributed by atoms with E-state index in [1.165, 1.54) is 10.6 Å². The lowest BCUT2D eigenvalue weighted by molar-refractivity contribution is 0.257. The van der Waals surface area contributed by atoms with Crippen molar-refractivity contribution in [3.63, 3.8) is 0 Å². The van der Waals surface area contributed by atoms with Crippen LogP contribution in [0.25, 0.3) is 5.65 Å². The first-order valence-corrected chi connectivity index (χ1v) is 5.62. The van der Waals surface area contributed by atoms with E-state index >= 15 is 0 Å². The molecule has 92 valence electrons. The average Bonchev–Trinajstić information content (AvgIpc) is 2.32. The summed E-state index contributed by atoms with van der Waals surface area (Å²) < 4.78 is 6.81. The van der Waals surface area contributed by atoms with Crippen molar-refractivity contribution in [1.82, 2.24) is 14.3 Å². The molecule has 2 heterocycles. The summed E-state index contributed by atoms with van der Waals surface area (Å²) in [4.78, 5) is 18.2. The molecule has 0 aromatic carbocycles. The van der Waals surface area contributed by atoms with E-state index in [1.54, 1.807) is 18.3 Å². The largest absolute Gasteiger partial charge is 0.485 e. The first kappa shape index (κ1) is 12.6. The van der Waals surface area contributed by atoms with Gasteiger partial charge in [0.15, 0.2) is 0 Å². The van der Waals surface area contributed by atoms with Crippen molar-refractivity contribution >= 4 is 19.0 Å². The number of nitrogens with zero attached hydrogens (tertiary/aromatic N) is 3. The van der Waals surface area contributed by atoms with Gasteiger partial charge in [0.05, 0.1) is 6.20 Å². The van der Waals surface area contributed by atoms with Crippen LogP contribution in [-0.2, 0) is 0 Å². The molecule has 0 aliphatic carbocycles. The maximum atomic E-state index is 12.1. The Bertz CT molecular complexity index is 610. The van der Waals surface area contributed by atoms with E-state index < -0.39 is 0 Å². The van der Waals surface area contributed by atoms with Crippen LogP contribution in [0.15, 0.2) is 29.3 Å². The molecule has 0 N–H and O–H groups in total. The number of aromatic nitrogens is 2. The van der Waals surface area contributed by atoms with Gasteiger partial charge in [-0.1, -0.05) is 11.5 Å². The van der Waals surface area contributed by atoms with Crippen molar-refractivity contribution in [1.29, 1.82) is 0 Å². The molecule has 0 atom stereocenters. The van der Waals surface area contributed by atoms with Crippen LogP contribution in [0.5, 0.6) is 5.75 Å². The van der Waals surface area contributed by atoms with E-state index in [-0.39, 0.29) is 11.3 Å². The van der Waals surface area contributed by atoms with Crippen LogP contribution in [0, 0.1) is 0 Å². The molecule has 5 nitrogen and oxygen atoms in total. The molecular weight excluding hydrogens is 229 g/mol. The second kappa shape index (κ2) is 5.22. The minimum Gasteiger partial charge on any atom is -0.485 e. The number of fused-ring (bicyclic) bond motifs is 1. The molecule has 18 heavy (non-hydrogen) atoms. The number of pyridine rings is 1. The topological polar surface area (TPSA) is 46.8 Å². The summed E-state index contributed by atoms with van der Waals surface area (Å²) in [7, 11) is 9.53. The van der Waals surface area contributed by atoms with Crippen molar-refractivity contribution in [2.75, 3.05) is 27.2 Å². The predicted octanol–water partition coefficient (Wildman–Crippen LogP) is -0.571. The predicted molar refractivity (Wildman–Crippen MR) is 70.9 cm³/mol. The highest BCUT2D eigenvalue weighted by atomic mass is 16.5. The maximum absolute atomic E-state index is 12.1. The van der Waals surface area contributed by atoms with Crippen LogP contribution in [0.2, 0.25) is 0 Å². The quantitative estimate of drug-likeness (QED) is 0.674. The van der Waals surface area contributed by atoms with Gasteiger partial charge in [0.1, 0.15) is 20.1 Å². The van der Waals surface area contributed by atoms with Crippen LogP contribution in [0.3, 0.4) is 0 Å². The molecular formula is C12H14BN3O2. The van der Waals surface area contributed by atoms with Crippen molar-refractivity contribution in [3.05, 3.63) is 34.9 Å². The molecule has 6 heteroatoms. The van der Waals surface area contributed by atoms with E-state index in [2.05, 4.69) is 4.98 Å². The molecule has 2 rings (SSSR count). The van der Waals surface area contributed by atoms with Gasteiger partial charge < -0.3 is 9.64 Å². The van der Waals surface area contributed by atoms with Gasteiger partial charge in [0.2, 0.25) is 5.75 Å². The van der Waals surface area contributed by atoms with Gasteiger partial charge in [-0.25, -0.2) is 4.98 Å². The summed E-state index contributed by atoms with van der Waals surface area (Å²) in [5.74, 6) is 0.236. The smallest absolute Gasteiger partial charge is 0.300 e. The highest BCUT2D eigenvalue weighted by Crippen LogP contribution is 2.02. The van der Waals surface area contributed by atoms with Crippen LogP contribution in [-0.4, -0.2) is 49.4 Å². The maximum Gasteiger partial charge on any atom is 0.300 e. The third kappa shape index (κ3) is 2.71. The summed E-state index contributed by atoms with van der Waals surface area (Å²) >= 11 is 0. The highest BCUT2D eigenvalue weighted by molar-refractivity contribution is 6.32. The molecule has 0 amide bonds. The lowest BCUT2D eigenvalue weighted by atomic mass is 9.99. The Kier molecular flexibility index (Phi) is 3.67.